The zero-order chi connectivity index (χ0) is 9.30. The molecule has 0 spiro atoms. The van der Waals surface area contributed by atoms with Gasteiger partial charge in [0, 0.05) is 11.6 Å². The van der Waals surface area contributed by atoms with Crippen molar-refractivity contribution in [3.05, 3.63) is 27.5 Å². The van der Waals surface area contributed by atoms with Gasteiger partial charge >= 0.3 is 0 Å². The Morgan fingerprint density at radius 1 is 1.58 bits per heavy atom. The fourth-order valence-electron chi connectivity index (χ4n) is 0.894. The number of nitrogen functional groups attached to an aromatic ring is 1. The van der Waals surface area contributed by atoms with Crippen LogP contribution in [0.2, 0.25) is 0 Å². The molecule has 1 aromatic rings. The van der Waals surface area contributed by atoms with Gasteiger partial charge in [-0.05, 0) is 12.5 Å². The maximum absolute atomic E-state index is 12.2. The van der Waals surface area contributed by atoms with Crippen LogP contribution in [0, 0.1) is 6.92 Å². The zero-order valence-electron chi connectivity index (χ0n) is 6.40. The fourth-order valence-corrected chi connectivity index (χ4v) is 0.894. The number of hydrogen-bond acceptors (Lipinski definition) is 2. The molecule has 0 bridgehead atoms. The summed E-state index contributed by atoms with van der Waals surface area (Å²) in [6.45, 7) is 1.44. The van der Waals surface area contributed by atoms with E-state index in [0.717, 1.165) is 6.07 Å². The highest BCUT2D eigenvalue weighted by atomic mass is 19.3. The molecular weight excluding hydrogens is 166 g/mol. The number of anilines is 1. The molecule has 0 aromatic carbocycles. The third kappa shape index (κ3) is 1.44. The highest BCUT2D eigenvalue weighted by Gasteiger charge is 2.13. The number of pyridine rings is 1. The van der Waals surface area contributed by atoms with Gasteiger partial charge in [-0.2, -0.15) is 0 Å². The van der Waals surface area contributed by atoms with Crippen molar-refractivity contribution in [3.63, 3.8) is 0 Å². The van der Waals surface area contributed by atoms with Crippen LogP contribution in [0.15, 0.2) is 10.9 Å². The van der Waals surface area contributed by atoms with Crippen LogP contribution in [0.1, 0.15) is 17.6 Å². The monoisotopic (exact) mass is 174 g/mol. The van der Waals surface area contributed by atoms with Gasteiger partial charge in [-0.1, -0.05) is 0 Å². The number of hydrogen-bond donors (Lipinski definition) is 2. The first-order valence-electron chi connectivity index (χ1n) is 3.30. The molecule has 1 aromatic heterocycles. The van der Waals surface area contributed by atoms with Crippen LogP contribution in [-0.2, 0) is 0 Å². The standard InChI is InChI=1S/C7H8F2N2O/c1-3-4(6(8)9)2-5(12)11-7(3)10/h2,6H,1H3,(H3,10,11,12). The number of rotatable bonds is 1. The number of nitrogens with two attached hydrogens (primary N) is 1. The summed E-state index contributed by atoms with van der Waals surface area (Å²) < 4.78 is 24.4. The van der Waals surface area contributed by atoms with E-state index in [0.29, 0.717) is 0 Å². The molecule has 3 nitrogen and oxygen atoms in total. The minimum absolute atomic E-state index is 0.00204. The summed E-state index contributed by atoms with van der Waals surface area (Å²) in [6, 6.07) is 0.857. The fraction of sp³-hybridized carbons (Fsp3) is 0.286. The average molecular weight is 174 g/mol. The highest BCUT2D eigenvalue weighted by Crippen LogP contribution is 2.22. The molecule has 3 N–H and O–H groups in total. The predicted octanol–water partition coefficient (Wildman–Crippen LogP) is 1.20. The van der Waals surface area contributed by atoms with Crippen LogP contribution in [0.3, 0.4) is 0 Å². The zero-order valence-corrected chi connectivity index (χ0v) is 6.40. The van der Waals surface area contributed by atoms with Gasteiger partial charge in [0.05, 0.1) is 0 Å². The lowest BCUT2D eigenvalue weighted by molar-refractivity contribution is 0.150. The molecule has 0 saturated heterocycles. The van der Waals surface area contributed by atoms with E-state index in [1.54, 1.807) is 0 Å². The first kappa shape index (κ1) is 8.70. The van der Waals surface area contributed by atoms with E-state index in [4.69, 9.17) is 5.73 Å². The van der Waals surface area contributed by atoms with Crippen LogP contribution in [0.5, 0.6) is 0 Å². The molecule has 0 radical (unpaired) electrons. The number of aromatic amines is 1. The molecule has 0 saturated carbocycles. The Morgan fingerprint density at radius 3 is 2.67 bits per heavy atom. The second kappa shape index (κ2) is 2.92. The Labute approximate surface area is 67.2 Å². The third-order valence-electron chi connectivity index (χ3n) is 1.62. The predicted molar refractivity (Wildman–Crippen MR) is 41.2 cm³/mol. The van der Waals surface area contributed by atoms with Crippen LogP contribution < -0.4 is 11.3 Å². The van der Waals surface area contributed by atoms with Crippen molar-refractivity contribution in [3.8, 4) is 0 Å². The van der Waals surface area contributed by atoms with Crippen molar-refractivity contribution in [1.29, 1.82) is 0 Å². The van der Waals surface area contributed by atoms with Crippen molar-refractivity contribution in [2.24, 2.45) is 0 Å². The van der Waals surface area contributed by atoms with E-state index >= 15 is 0 Å². The molecule has 0 unspecified atom stereocenters. The summed E-state index contributed by atoms with van der Waals surface area (Å²) in [5.74, 6) is -0.00204. The summed E-state index contributed by atoms with van der Waals surface area (Å²) in [5.41, 5.74) is 4.58. The van der Waals surface area contributed by atoms with Gasteiger partial charge in [0.15, 0.2) is 0 Å². The maximum Gasteiger partial charge on any atom is 0.264 e. The Balaban J connectivity index is 3.38. The van der Waals surface area contributed by atoms with E-state index < -0.39 is 12.0 Å². The van der Waals surface area contributed by atoms with Crippen LogP contribution in [0.25, 0.3) is 0 Å². The summed E-state index contributed by atoms with van der Waals surface area (Å²) in [6.07, 6.45) is -2.66. The second-order valence-electron chi connectivity index (χ2n) is 2.43. The molecule has 0 aliphatic carbocycles. The molecule has 0 atom stereocenters. The Kier molecular flexibility index (Phi) is 2.12. The van der Waals surface area contributed by atoms with Crippen LogP contribution in [-0.4, -0.2) is 4.98 Å². The molecule has 0 aliphatic rings. The van der Waals surface area contributed by atoms with Gasteiger partial charge in [-0.25, -0.2) is 8.78 Å². The maximum atomic E-state index is 12.2. The van der Waals surface area contributed by atoms with E-state index in [2.05, 4.69) is 4.98 Å². The Bertz CT molecular complexity index is 346. The molecule has 0 aliphatic heterocycles. The molecule has 0 amide bonds. The average Bonchev–Trinajstić information content (AvgIpc) is 1.96. The SMILES string of the molecule is Cc1c(C(F)F)cc(=O)[nH]c1N. The lowest BCUT2D eigenvalue weighted by Gasteiger charge is -2.05. The van der Waals surface area contributed by atoms with Crippen LogP contribution in [0.4, 0.5) is 14.6 Å². The first-order valence-corrected chi connectivity index (χ1v) is 3.30. The van der Waals surface area contributed by atoms with E-state index in [1.165, 1.54) is 6.92 Å². The number of aromatic nitrogens is 1. The number of halogens is 2. The minimum atomic E-state index is -2.66. The molecular formula is C7H8F2N2O. The van der Waals surface area contributed by atoms with Gasteiger partial charge in [0.25, 0.3) is 6.43 Å². The van der Waals surface area contributed by atoms with Gasteiger partial charge < -0.3 is 10.7 Å². The first-order chi connectivity index (χ1) is 5.52. The van der Waals surface area contributed by atoms with E-state index in [-0.39, 0.29) is 16.9 Å². The lowest BCUT2D eigenvalue weighted by atomic mass is 10.1. The molecule has 0 fully saturated rings. The lowest BCUT2D eigenvalue weighted by Crippen LogP contribution is -2.11. The number of H-pyrrole nitrogens is 1. The summed E-state index contributed by atoms with van der Waals surface area (Å²) >= 11 is 0. The molecule has 12 heavy (non-hydrogen) atoms. The van der Waals surface area contributed by atoms with Gasteiger partial charge in [0.2, 0.25) is 5.56 Å². The summed E-state index contributed by atoms with van der Waals surface area (Å²) in [4.78, 5) is 12.9. The molecule has 5 heteroatoms. The number of alkyl halides is 2. The highest BCUT2D eigenvalue weighted by molar-refractivity contribution is 5.43. The van der Waals surface area contributed by atoms with Gasteiger partial charge in [-0.15, -0.1) is 0 Å². The van der Waals surface area contributed by atoms with Crippen molar-refractivity contribution < 1.29 is 8.78 Å². The van der Waals surface area contributed by atoms with Gasteiger partial charge in [-0.3, -0.25) is 4.79 Å². The molecule has 1 heterocycles. The minimum Gasteiger partial charge on any atom is -0.385 e. The van der Waals surface area contributed by atoms with Crippen molar-refractivity contribution in [2.45, 2.75) is 13.3 Å². The second-order valence-corrected chi connectivity index (χ2v) is 2.43. The summed E-state index contributed by atoms with van der Waals surface area (Å²) in [5, 5.41) is 0. The van der Waals surface area contributed by atoms with Gasteiger partial charge in [0.1, 0.15) is 5.82 Å². The number of nitrogens with one attached hydrogen (secondary N) is 1. The van der Waals surface area contributed by atoms with Crippen LogP contribution >= 0.6 is 0 Å². The topological polar surface area (TPSA) is 58.9 Å². The van der Waals surface area contributed by atoms with Crippen molar-refractivity contribution in [1.82, 2.24) is 4.98 Å². The third-order valence-corrected chi connectivity index (χ3v) is 1.62. The van der Waals surface area contributed by atoms with E-state index in [9.17, 15) is 13.6 Å². The smallest absolute Gasteiger partial charge is 0.264 e. The molecule has 66 valence electrons. The quantitative estimate of drug-likeness (QED) is 0.672. The largest absolute Gasteiger partial charge is 0.385 e. The Morgan fingerprint density at radius 2 is 2.17 bits per heavy atom. The van der Waals surface area contributed by atoms with E-state index in [1.807, 2.05) is 0 Å². The Hall–Kier alpha value is -1.39. The van der Waals surface area contributed by atoms with Crippen molar-refractivity contribution >= 4 is 5.82 Å². The summed E-state index contributed by atoms with van der Waals surface area (Å²) in [7, 11) is 0. The normalized spacial score (nSPS) is 10.7. The molecule has 1 rings (SSSR count). The van der Waals surface area contributed by atoms with Crippen molar-refractivity contribution in [2.75, 3.05) is 5.73 Å².